The summed E-state index contributed by atoms with van der Waals surface area (Å²) in [5, 5.41) is 10.2. The van der Waals surface area contributed by atoms with Gasteiger partial charge in [0.2, 0.25) is 0 Å². The van der Waals surface area contributed by atoms with Gasteiger partial charge < -0.3 is 9.84 Å². The van der Waals surface area contributed by atoms with Gasteiger partial charge in [0, 0.05) is 19.6 Å². The third-order valence-electron chi connectivity index (χ3n) is 4.28. The second kappa shape index (κ2) is 5.19. The second-order valence-electron chi connectivity index (χ2n) is 5.69. The van der Waals surface area contributed by atoms with E-state index in [0.717, 1.165) is 38.1 Å². The molecule has 1 aliphatic carbocycles. The zero-order chi connectivity index (χ0) is 13.3. The summed E-state index contributed by atoms with van der Waals surface area (Å²) >= 11 is 0. The van der Waals surface area contributed by atoms with Crippen LogP contribution in [0.5, 0.6) is 0 Å². The van der Waals surface area contributed by atoms with E-state index >= 15 is 0 Å². The van der Waals surface area contributed by atoms with E-state index in [1.165, 1.54) is 18.6 Å². The molecule has 19 heavy (non-hydrogen) atoms. The van der Waals surface area contributed by atoms with Gasteiger partial charge in [0.25, 0.3) is 0 Å². The molecule has 0 amide bonds. The fourth-order valence-electron chi connectivity index (χ4n) is 2.99. The largest absolute Gasteiger partial charge is 0.387 e. The molecule has 0 bridgehead atoms. The lowest BCUT2D eigenvalue weighted by Gasteiger charge is -2.48. The molecule has 1 N–H and O–H groups in total. The minimum absolute atomic E-state index is 0.0563. The molecule has 2 fully saturated rings. The number of aliphatic hydroxyl groups is 1. The van der Waals surface area contributed by atoms with E-state index < -0.39 is 6.10 Å². The summed E-state index contributed by atoms with van der Waals surface area (Å²) in [6.07, 6.45) is 2.96. The molecule has 1 heterocycles. The van der Waals surface area contributed by atoms with E-state index in [9.17, 15) is 9.50 Å². The molecule has 1 aromatic rings. The first-order valence-corrected chi connectivity index (χ1v) is 6.97. The number of morpholine rings is 1. The molecule has 2 aliphatic rings. The van der Waals surface area contributed by atoms with Crippen LogP contribution in [-0.2, 0) is 4.74 Å². The molecule has 1 aliphatic heterocycles. The molecule has 104 valence electrons. The van der Waals surface area contributed by atoms with Gasteiger partial charge in [0.1, 0.15) is 5.82 Å². The SMILES string of the molecule is OC(CN1CCOC2(CCC2)C1)c1ccc(F)cc1. The molecule has 1 spiro atoms. The lowest BCUT2D eigenvalue weighted by atomic mass is 9.79. The summed E-state index contributed by atoms with van der Waals surface area (Å²) in [4.78, 5) is 2.26. The monoisotopic (exact) mass is 265 g/mol. The maximum atomic E-state index is 12.9. The number of β-amino-alcohol motifs (C(OH)–C–C–N with tert-alkyl or cyclic N) is 1. The van der Waals surface area contributed by atoms with Crippen LogP contribution in [0.2, 0.25) is 0 Å². The van der Waals surface area contributed by atoms with Crippen molar-refractivity contribution in [2.45, 2.75) is 31.0 Å². The number of hydrogen-bond donors (Lipinski definition) is 1. The molecule has 3 rings (SSSR count). The van der Waals surface area contributed by atoms with Crippen LogP contribution in [0.4, 0.5) is 4.39 Å². The van der Waals surface area contributed by atoms with Gasteiger partial charge >= 0.3 is 0 Å². The highest BCUT2D eigenvalue weighted by Crippen LogP contribution is 2.38. The van der Waals surface area contributed by atoms with Gasteiger partial charge in [-0.1, -0.05) is 12.1 Å². The molecule has 1 saturated carbocycles. The van der Waals surface area contributed by atoms with Crippen LogP contribution in [-0.4, -0.2) is 41.8 Å². The maximum Gasteiger partial charge on any atom is 0.123 e. The summed E-state index contributed by atoms with van der Waals surface area (Å²) < 4.78 is 18.7. The van der Waals surface area contributed by atoms with Crippen LogP contribution in [0.3, 0.4) is 0 Å². The maximum absolute atomic E-state index is 12.9. The Bertz CT molecular complexity index is 430. The van der Waals surface area contributed by atoms with E-state index in [0.29, 0.717) is 6.54 Å². The Labute approximate surface area is 113 Å². The highest BCUT2D eigenvalue weighted by molar-refractivity contribution is 5.18. The Hall–Kier alpha value is -0.970. The van der Waals surface area contributed by atoms with E-state index in [1.807, 2.05) is 0 Å². The Kier molecular flexibility index (Phi) is 3.56. The molecule has 1 atom stereocenters. The zero-order valence-corrected chi connectivity index (χ0v) is 11.0. The molecule has 1 unspecified atom stereocenters. The first-order valence-electron chi connectivity index (χ1n) is 6.97. The second-order valence-corrected chi connectivity index (χ2v) is 5.69. The molecular weight excluding hydrogens is 245 g/mol. The average Bonchev–Trinajstić information content (AvgIpc) is 2.38. The van der Waals surface area contributed by atoms with Gasteiger partial charge in [0.05, 0.1) is 18.3 Å². The lowest BCUT2D eigenvalue weighted by Crippen LogP contribution is -2.56. The van der Waals surface area contributed by atoms with Crippen molar-refractivity contribution in [2.24, 2.45) is 0 Å². The van der Waals surface area contributed by atoms with Crippen molar-refractivity contribution in [1.82, 2.24) is 4.90 Å². The number of nitrogens with zero attached hydrogens (tertiary/aromatic N) is 1. The Morgan fingerprint density at radius 2 is 2.05 bits per heavy atom. The van der Waals surface area contributed by atoms with Gasteiger partial charge in [-0.15, -0.1) is 0 Å². The number of aliphatic hydroxyl groups excluding tert-OH is 1. The van der Waals surface area contributed by atoms with Gasteiger partial charge in [-0.25, -0.2) is 4.39 Å². The van der Waals surface area contributed by atoms with Crippen LogP contribution in [0, 0.1) is 5.82 Å². The van der Waals surface area contributed by atoms with Crippen molar-refractivity contribution < 1.29 is 14.2 Å². The third kappa shape index (κ3) is 2.81. The van der Waals surface area contributed by atoms with Crippen molar-refractivity contribution in [3.8, 4) is 0 Å². The van der Waals surface area contributed by atoms with Crippen LogP contribution < -0.4 is 0 Å². The predicted molar refractivity (Wildman–Crippen MR) is 70.3 cm³/mol. The van der Waals surface area contributed by atoms with Crippen molar-refractivity contribution in [3.63, 3.8) is 0 Å². The Balaban J connectivity index is 1.59. The number of hydrogen-bond acceptors (Lipinski definition) is 3. The Morgan fingerprint density at radius 3 is 2.68 bits per heavy atom. The van der Waals surface area contributed by atoms with Gasteiger partial charge in [-0.2, -0.15) is 0 Å². The van der Waals surface area contributed by atoms with E-state index in [1.54, 1.807) is 12.1 Å². The lowest BCUT2D eigenvalue weighted by molar-refractivity contribution is -0.155. The fourth-order valence-corrected chi connectivity index (χ4v) is 2.99. The minimum atomic E-state index is -0.559. The van der Waals surface area contributed by atoms with Crippen molar-refractivity contribution >= 4 is 0 Å². The minimum Gasteiger partial charge on any atom is -0.387 e. The van der Waals surface area contributed by atoms with Crippen molar-refractivity contribution in [2.75, 3.05) is 26.2 Å². The zero-order valence-electron chi connectivity index (χ0n) is 11.0. The van der Waals surface area contributed by atoms with E-state index in [4.69, 9.17) is 4.74 Å². The molecule has 1 saturated heterocycles. The average molecular weight is 265 g/mol. The molecular formula is C15H20FNO2. The fraction of sp³-hybridized carbons (Fsp3) is 0.600. The van der Waals surface area contributed by atoms with Crippen LogP contribution in [0.15, 0.2) is 24.3 Å². The van der Waals surface area contributed by atoms with Crippen molar-refractivity contribution in [3.05, 3.63) is 35.6 Å². The number of ether oxygens (including phenoxy) is 1. The van der Waals surface area contributed by atoms with Crippen LogP contribution in [0.25, 0.3) is 0 Å². The summed E-state index contributed by atoms with van der Waals surface area (Å²) in [5.41, 5.74) is 0.830. The van der Waals surface area contributed by atoms with Crippen LogP contribution >= 0.6 is 0 Å². The van der Waals surface area contributed by atoms with Crippen LogP contribution in [0.1, 0.15) is 30.9 Å². The molecule has 0 aromatic heterocycles. The summed E-state index contributed by atoms with van der Waals surface area (Å²) in [6.45, 7) is 3.11. The highest BCUT2D eigenvalue weighted by Gasteiger charge is 2.42. The summed E-state index contributed by atoms with van der Waals surface area (Å²) in [6, 6.07) is 6.09. The number of halogens is 1. The normalized spacial score (nSPS) is 24.1. The van der Waals surface area contributed by atoms with Gasteiger partial charge in [-0.3, -0.25) is 4.90 Å². The first kappa shape index (κ1) is 13.0. The molecule has 4 heteroatoms. The van der Waals surface area contributed by atoms with E-state index in [-0.39, 0.29) is 11.4 Å². The first-order chi connectivity index (χ1) is 9.17. The third-order valence-corrected chi connectivity index (χ3v) is 4.28. The van der Waals surface area contributed by atoms with Gasteiger partial charge in [0.15, 0.2) is 0 Å². The predicted octanol–water partition coefficient (Wildman–Crippen LogP) is 2.11. The number of rotatable bonds is 3. The smallest absolute Gasteiger partial charge is 0.123 e. The summed E-state index contributed by atoms with van der Waals surface area (Å²) in [7, 11) is 0. The molecule has 0 radical (unpaired) electrons. The summed E-state index contributed by atoms with van der Waals surface area (Å²) in [5.74, 6) is -0.268. The molecule has 1 aromatic carbocycles. The van der Waals surface area contributed by atoms with E-state index in [2.05, 4.69) is 4.90 Å². The standard InChI is InChI=1S/C15H20FNO2/c16-13-4-2-12(3-5-13)14(18)10-17-8-9-19-15(11-17)6-1-7-15/h2-5,14,18H,1,6-11H2. The highest BCUT2D eigenvalue weighted by atomic mass is 19.1. The van der Waals surface area contributed by atoms with Crippen molar-refractivity contribution in [1.29, 1.82) is 0 Å². The topological polar surface area (TPSA) is 32.7 Å². The molecule has 3 nitrogen and oxygen atoms in total. The van der Waals surface area contributed by atoms with Gasteiger partial charge in [-0.05, 0) is 37.0 Å². The Morgan fingerprint density at radius 1 is 1.32 bits per heavy atom. The quantitative estimate of drug-likeness (QED) is 0.908. The number of benzene rings is 1.